The van der Waals surface area contributed by atoms with Crippen LogP contribution in [0.4, 0.5) is 24.5 Å². The van der Waals surface area contributed by atoms with Crippen molar-refractivity contribution in [3.8, 4) is 0 Å². The molecule has 3 rings (SSSR count). The lowest BCUT2D eigenvalue weighted by atomic mass is 10.2. The van der Waals surface area contributed by atoms with E-state index in [4.69, 9.17) is 11.6 Å². The summed E-state index contributed by atoms with van der Waals surface area (Å²) >= 11 is 6.87. The van der Waals surface area contributed by atoms with Crippen molar-refractivity contribution < 1.29 is 22.8 Å². The molecule has 2 N–H and O–H groups in total. The normalized spacial score (nSPS) is 18.2. The van der Waals surface area contributed by atoms with Gasteiger partial charge in [-0.25, -0.2) is 4.99 Å². The van der Waals surface area contributed by atoms with Crippen LogP contribution >= 0.6 is 23.4 Å². The van der Waals surface area contributed by atoms with Crippen molar-refractivity contribution in [2.24, 2.45) is 4.99 Å². The fourth-order valence-electron chi connectivity index (χ4n) is 2.44. The Labute approximate surface area is 167 Å². The van der Waals surface area contributed by atoms with Crippen molar-refractivity contribution in [2.75, 3.05) is 5.32 Å². The van der Waals surface area contributed by atoms with Crippen LogP contribution in [-0.2, 0) is 15.8 Å². The van der Waals surface area contributed by atoms with Crippen molar-refractivity contribution in [1.82, 2.24) is 5.32 Å². The molecule has 146 valence electrons. The molecule has 0 aliphatic carbocycles. The zero-order chi connectivity index (χ0) is 20.3. The SMILES string of the molecule is O=C(CC1SC(=Nc2ccccc2C(F)(F)F)NC1=O)Nc1ccccc1Cl. The number of hydrogen-bond acceptors (Lipinski definition) is 4. The Morgan fingerprint density at radius 3 is 2.57 bits per heavy atom. The van der Waals surface area contributed by atoms with Crippen LogP contribution in [0.15, 0.2) is 53.5 Å². The Morgan fingerprint density at radius 2 is 1.86 bits per heavy atom. The van der Waals surface area contributed by atoms with Crippen molar-refractivity contribution >= 4 is 51.7 Å². The lowest BCUT2D eigenvalue weighted by Gasteiger charge is -2.09. The van der Waals surface area contributed by atoms with E-state index in [1.165, 1.54) is 18.2 Å². The van der Waals surface area contributed by atoms with Gasteiger partial charge in [0.1, 0.15) is 5.25 Å². The topological polar surface area (TPSA) is 70.6 Å². The minimum atomic E-state index is -4.57. The zero-order valence-electron chi connectivity index (χ0n) is 14.1. The van der Waals surface area contributed by atoms with E-state index < -0.39 is 28.8 Å². The number of carbonyl (C=O) groups is 2. The molecule has 28 heavy (non-hydrogen) atoms. The second kappa shape index (κ2) is 8.24. The van der Waals surface area contributed by atoms with Gasteiger partial charge in [-0.15, -0.1) is 0 Å². The highest BCUT2D eigenvalue weighted by Gasteiger charge is 2.35. The lowest BCUT2D eigenvalue weighted by molar-refractivity contribution is -0.137. The molecule has 1 fully saturated rings. The van der Waals surface area contributed by atoms with E-state index in [-0.39, 0.29) is 17.3 Å². The minimum absolute atomic E-state index is 0.0113. The number of alkyl halides is 3. The third-order valence-electron chi connectivity index (χ3n) is 3.73. The first-order valence-corrected chi connectivity index (χ1v) is 9.26. The van der Waals surface area contributed by atoms with E-state index in [0.29, 0.717) is 10.7 Å². The Kier molecular flexibility index (Phi) is 5.95. The number of thioether (sulfide) groups is 1. The molecule has 2 aromatic rings. The molecule has 1 unspecified atom stereocenters. The molecule has 10 heteroatoms. The number of nitrogens with one attached hydrogen (secondary N) is 2. The van der Waals surface area contributed by atoms with Gasteiger partial charge < -0.3 is 10.6 Å². The second-order valence-corrected chi connectivity index (χ2v) is 7.36. The molecule has 1 saturated heterocycles. The number of carbonyl (C=O) groups excluding carboxylic acids is 2. The van der Waals surface area contributed by atoms with Gasteiger partial charge in [0.2, 0.25) is 11.8 Å². The van der Waals surface area contributed by atoms with Gasteiger partial charge in [0.25, 0.3) is 0 Å². The summed E-state index contributed by atoms with van der Waals surface area (Å²) < 4.78 is 39.2. The summed E-state index contributed by atoms with van der Waals surface area (Å²) in [6, 6.07) is 11.4. The summed E-state index contributed by atoms with van der Waals surface area (Å²) in [7, 11) is 0. The van der Waals surface area contributed by atoms with Gasteiger partial charge >= 0.3 is 6.18 Å². The fraction of sp³-hybridized carbons (Fsp3) is 0.167. The number of amides is 2. The third-order valence-corrected chi connectivity index (χ3v) is 5.14. The number of nitrogens with zero attached hydrogens (tertiary/aromatic N) is 1. The molecule has 1 aliphatic heterocycles. The van der Waals surface area contributed by atoms with E-state index in [1.54, 1.807) is 24.3 Å². The highest BCUT2D eigenvalue weighted by atomic mass is 35.5. The van der Waals surface area contributed by atoms with Crippen LogP contribution in [0, 0.1) is 0 Å². The van der Waals surface area contributed by atoms with E-state index in [0.717, 1.165) is 17.8 Å². The molecule has 1 aliphatic rings. The van der Waals surface area contributed by atoms with Crippen LogP contribution in [0.5, 0.6) is 0 Å². The molecule has 1 heterocycles. The van der Waals surface area contributed by atoms with Gasteiger partial charge in [-0.3, -0.25) is 9.59 Å². The van der Waals surface area contributed by atoms with Crippen molar-refractivity contribution in [3.05, 3.63) is 59.1 Å². The molecule has 0 radical (unpaired) electrons. The number of halogens is 4. The maximum Gasteiger partial charge on any atom is 0.418 e. The van der Waals surface area contributed by atoms with Crippen LogP contribution in [0.1, 0.15) is 12.0 Å². The summed E-state index contributed by atoms with van der Waals surface area (Å²) in [6.45, 7) is 0. The smallest absolute Gasteiger partial charge is 0.325 e. The van der Waals surface area contributed by atoms with E-state index in [9.17, 15) is 22.8 Å². The molecule has 2 amide bonds. The monoisotopic (exact) mass is 427 g/mol. The number of amidine groups is 1. The molecule has 0 saturated carbocycles. The molecule has 0 bridgehead atoms. The molecular formula is C18H13ClF3N3O2S. The van der Waals surface area contributed by atoms with Crippen molar-refractivity contribution in [3.63, 3.8) is 0 Å². The molecule has 0 aromatic heterocycles. The maximum absolute atomic E-state index is 13.1. The van der Waals surface area contributed by atoms with Gasteiger partial charge in [-0.2, -0.15) is 13.2 Å². The zero-order valence-corrected chi connectivity index (χ0v) is 15.7. The summed E-state index contributed by atoms with van der Waals surface area (Å²) in [6.07, 6.45) is -4.75. The highest BCUT2D eigenvalue weighted by molar-refractivity contribution is 8.15. The fourth-order valence-corrected chi connectivity index (χ4v) is 3.61. The first-order chi connectivity index (χ1) is 13.2. The maximum atomic E-state index is 13.1. The van der Waals surface area contributed by atoms with Crippen molar-refractivity contribution in [1.29, 1.82) is 0 Å². The summed E-state index contributed by atoms with van der Waals surface area (Å²) in [5, 5.41) is 4.57. The molecule has 2 aromatic carbocycles. The first-order valence-electron chi connectivity index (χ1n) is 8.01. The number of benzene rings is 2. The molecule has 1 atom stereocenters. The average molecular weight is 428 g/mol. The van der Waals surface area contributed by atoms with E-state index >= 15 is 0 Å². The predicted molar refractivity (Wildman–Crippen MR) is 103 cm³/mol. The Bertz CT molecular complexity index is 950. The van der Waals surface area contributed by atoms with Gasteiger partial charge in [0, 0.05) is 6.42 Å². The summed E-state index contributed by atoms with van der Waals surface area (Å²) in [4.78, 5) is 28.1. The minimum Gasteiger partial charge on any atom is -0.325 e. The number of rotatable bonds is 4. The number of anilines is 1. The Hall–Kier alpha value is -2.52. The number of para-hydroxylation sites is 2. The highest BCUT2D eigenvalue weighted by Crippen LogP contribution is 2.37. The van der Waals surface area contributed by atoms with Gasteiger partial charge in [-0.05, 0) is 24.3 Å². The van der Waals surface area contributed by atoms with Crippen LogP contribution in [0.2, 0.25) is 5.02 Å². The van der Waals surface area contributed by atoms with Gasteiger partial charge in [0.15, 0.2) is 5.17 Å². The molecule has 0 spiro atoms. The third kappa shape index (κ3) is 4.85. The molecule has 5 nitrogen and oxygen atoms in total. The summed E-state index contributed by atoms with van der Waals surface area (Å²) in [5.74, 6) is -0.944. The summed E-state index contributed by atoms with van der Waals surface area (Å²) in [5.41, 5.74) is -0.804. The lowest BCUT2D eigenvalue weighted by Crippen LogP contribution is -2.28. The van der Waals surface area contributed by atoms with Crippen LogP contribution in [0.3, 0.4) is 0 Å². The largest absolute Gasteiger partial charge is 0.418 e. The van der Waals surface area contributed by atoms with E-state index in [1.807, 2.05) is 0 Å². The Morgan fingerprint density at radius 1 is 1.18 bits per heavy atom. The van der Waals surface area contributed by atoms with Crippen LogP contribution in [0.25, 0.3) is 0 Å². The molecular weight excluding hydrogens is 415 g/mol. The van der Waals surface area contributed by atoms with E-state index in [2.05, 4.69) is 15.6 Å². The first kappa shape index (κ1) is 20.2. The van der Waals surface area contributed by atoms with Crippen molar-refractivity contribution in [2.45, 2.75) is 17.8 Å². The predicted octanol–water partition coefficient (Wildman–Crippen LogP) is 4.61. The van der Waals surface area contributed by atoms with Crippen LogP contribution < -0.4 is 10.6 Å². The van der Waals surface area contributed by atoms with Crippen LogP contribution in [-0.4, -0.2) is 22.2 Å². The van der Waals surface area contributed by atoms with Gasteiger partial charge in [0.05, 0.1) is 22.0 Å². The standard InChI is InChI=1S/C18H13ClF3N3O2S/c19-11-6-2-4-8-13(11)23-15(26)9-14-16(27)25-17(28-14)24-12-7-3-1-5-10(12)18(20,21)22/h1-8,14H,9H2,(H,23,26)(H,24,25,27). The quantitative estimate of drug-likeness (QED) is 0.748. The van der Waals surface area contributed by atoms with Gasteiger partial charge in [-0.1, -0.05) is 47.6 Å². The second-order valence-electron chi connectivity index (χ2n) is 5.76. The number of hydrogen-bond donors (Lipinski definition) is 2. The average Bonchev–Trinajstić information content (AvgIpc) is 2.95. The Balaban J connectivity index is 1.70. The number of aliphatic imine (C=N–C) groups is 1.